The molecule has 4 aliphatic rings. The first kappa shape index (κ1) is 24.0. The predicted molar refractivity (Wildman–Crippen MR) is 138 cm³/mol. The van der Waals surface area contributed by atoms with Crippen molar-refractivity contribution in [2.75, 3.05) is 16.3 Å². The molecule has 2 heterocycles. The van der Waals surface area contributed by atoms with E-state index < -0.39 is 26.0 Å². The van der Waals surface area contributed by atoms with Gasteiger partial charge in [0.2, 0.25) is 10.0 Å². The van der Waals surface area contributed by atoms with Crippen molar-refractivity contribution >= 4 is 43.2 Å². The minimum Gasteiger partial charge on any atom is -0.511 e. The second-order valence-corrected chi connectivity index (χ2v) is 13.5. The van der Waals surface area contributed by atoms with Crippen LogP contribution in [0.5, 0.6) is 0 Å². The standard InChI is InChI=1S/C25H26N4O6S2/c1-36(32,33)27-17-9-10-18-19(12-17)37(34,35)28-24(26-18)21-23(30)20-15-7-8-16(11-15)22(20)29(25(21)31)13-14-5-3-2-4-6-14/h2-6,9-10,12,15-16,20,22,27,30H,7-8,11,13H2,1H3,(H,26,28)/t15-,16-,20+,22-/m0/s1. The molecule has 10 nitrogen and oxygen atoms in total. The van der Waals surface area contributed by atoms with Crippen LogP contribution in [0.1, 0.15) is 24.8 Å². The molecular weight excluding hydrogens is 516 g/mol. The highest BCUT2D eigenvalue weighted by Crippen LogP contribution is 2.55. The molecule has 2 bridgehead atoms. The van der Waals surface area contributed by atoms with E-state index in [9.17, 15) is 26.7 Å². The van der Waals surface area contributed by atoms with E-state index in [2.05, 4.69) is 14.4 Å². The van der Waals surface area contributed by atoms with Gasteiger partial charge >= 0.3 is 0 Å². The van der Waals surface area contributed by atoms with E-state index in [4.69, 9.17) is 0 Å². The van der Waals surface area contributed by atoms with Gasteiger partial charge in [0.05, 0.1) is 11.9 Å². The summed E-state index contributed by atoms with van der Waals surface area (Å²) in [6, 6.07) is 13.4. The van der Waals surface area contributed by atoms with Gasteiger partial charge in [-0.2, -0.15) is 8.42 Å². The van der Waals surface area contributed by atoms with E-state index in [1.54, 1.807) is 4.90 Å². The average Bonchev–Trinajstić information content (AvgIpc) is 3.44. The fraction of sp³-hybridized carbons (Fsp3) is 0.360. The van der Waals surface area contributed by atoms with Crippen molar-refractivity contribution in [3.05, 3.63) is 65.4 Å². The molecule has 0 spiro atoms. The Hall–Kier alpha value is -3.38. The number of amidine groups is 1. The number of carbonyl (C=O) groups is 1. The summed E-state index contributed by atoms with van der Waals surface area (Å²) < 4.78 is 55.6. The summed E-state index contributed by atoms with van der Waals surface area (Å²) in [4.78, 5) is 15.4. The molecule has 0 aromatic heterocycles. The number of carbonyl (C=O) groups excluding carboxylic acids is 1. The average molecular weight is 543 g/mol. The van der Waals surface area contributed by atoms with Gasteiger partial charge in [0.25, 0.3) is 15.9 Å². The SMILES string of the molecule is CS(=O)(=O)Nc1ccc2c(c1)S(=O)(=O)N=C(C1=C(O)[C@@H]3[C@H]4CC[C@@H](C4)[C@@H]3N(Cc3ccccc3)C1=O)N2. The lowest BCUT2D eigenvalue weighted by molar-refractivity contribution is -0.134. The molecule has 2 aliphatic carbocycles. The number of hydrogen-bond acceptors (Lipinski definition) is 7. The van der Waals surface area contributed by atoms with Gasteiger partial charge < -0.3 is 15.3 Å². The first-order valence-corrected chi connectivity index (χ1v) is 15.4. The topological polar surface area (TPSA) is 145 Å². The number of benzene rings is 2. The number of nitrogens with zero attached hydrogens (tertiary/aromatic N) is 2. The van der Waals surface area contributed by atoms with Crippen LogP contribution in [0.15, 0.2) is 69.2 Å². The van der Waals surface area contributed by atoms with Crippen molar-refractivity contribution < 1.29 is 26.7 Å². The Labute approximate surface area is 215 Å². The second kappa shape index (κ2) is 8.32. The van der Waals surface area contributed by atoms with Crippen LogP contribution in [-0.2, 0) is 31.4 Å². The largest absolute Gasteiger partial charge is 0.511 e. The minimum atomic E-state index is -4.30. The van der Waals surface area contributed by atoms with E-state index >= 15 is 0 Å². The number of nitrogens with one attached hydrogen (secondary N) is 2. The van der Waals surface area contributed by atoms with Crippen LogP contribution < -0.4 is 10.0 Å². The molecule has 12 heteroatoms. The molecule has 0 unspecified atom stereocenters. The number of rotatable bonds is 5. The van der Waals surface area contributed by atoms with Crippen molar-refractivity contribution in [1.82, 2.24) is 4.90 Å². The Bertz CT molecular complexity index is 1580. The van der Waals surface area contributed by atoms with Crippen LogP contribution in [-0.4, -0.2) is 50.9 Å². The van der Waals surface area contributed by atoms with Crippen molar-refractivity contribution in [3.8, 4) is 0 Å². The maximum absolute atomic E-state index is 13.9. The maximum atomic E-state index is 13.9. The molecule has 4 atom stereocenters. The van der Waals surface area contributed by atoms with Crippen molar-refractivity contribution in [2.45, 2.75) is 36.7 Å². The molecule has 2 fully saturated rings. The van der Waals surface area contributed by atoms with Gasteiger partial charge in [0.1, 0.15) is 16.2 Å². The second-order valence-electron chi connectivity index (χ2n) is 10.2. The highest BCUT2D eigenvalue weighted by atomic mass is 32.2. The minimum absolute atomic E-state index is 0.0694. The third-order valence-electron chi connectivity index (χ3n) is 7.74. The molecule has 2 aromatic rings. The molecular formula is C25H26N4O6S2. The van der Waals surface area contributed by atoms with E-state index in [0.29, 0.717) is 6.54 Å². The first-order chi connectivity index (χ1) is 17.5. The van der Waals surface area contributed by atoms with E-state index in [1.165, 1.54) is 18.2 Å². The number of sulfonamides is 2. The predicted octanol–water partition coefficient (Wildman–Crippen LogP) is 2.84. The van der Waals surface area contributed by atoms with E-state index in [1.807, 2.05) is 30.3 Å². The van der Waals surface area contributed by atoms with Gasteiger partial charge in [-0.25, -0.2) is 8.42 Å². The molecule has 0 radical (unpaired) electrons. The summed E-state index contributed by atoms with van der Waals surface area (Å²) in [5.74, 6) is -0.558. The van der Waals surface area contributed by atoms with Crippen LogP contribution in [0.4, 0.5) is 11.4 Å². The van der Waals surface area contributed by atoms with Gasteiger partial charge in [-0.3, -0.25) is 9.52 Å². The van der Waals surface area contributed by atoms with Crippen LogP contribution >= 0.6 is 0 Å². The van der Waals surface area contributed by atoms with Crippen LogP contribution in [0.25, 0.3) is 0 Å². The highest BCUT2D eigenvalue weighted by molar-refractivity contribution is 7.92. The molecule has 2 aromatic carbocycles. The van der Waals surface area contributed by atoms with Crippen molar-refractivity contribution in [3.63, 3.8) is 0 Å². The third-order valence-corrected chi connectivity index (χ3v) is 9.66. The monoisotopic (exact) mass is 542 g/mol. The zero-order chi connectivity index (χ0) is 26.1. The molecule has 37 heavy (non-hydrogen) atoms. The molecule has 2 saturated carbocycles. The Morgan fingerprint density at radius 3 is 2.59 bits per heavy atom. The highest BCUT2D eigenvalue weighted by Gasteiger charge is 2.57. The van der Waals surface area contributed by atoms with E-state index in [-0.39, 0.29) is 57.2 Å². The normalized spacial score (nSPS) is 27.9. The summed E-state index contributed by atoms with van der Waals surface area (Å²) in [6.07, 6.45) is 3.83. The van der Waals surface area contributed by atoms with Crippen LogP contribution in [0.3, 0.4) is 0 Å². The summed E-state index contributed by atoms with van der Waals surface area (Å²) in [6.45, 7) is 0.345. The maximum Gasteiger partial charge on any atom is 0.286 e. The molecule has 6 rings (SSSR count). The summed E-state index contributed by atoms with van der Waals surface area (Å²) in [7, 11) is -7.92. The quantitative estimate of drug-likeness (QED) is 0.527. The van der Waals surface area contributed by atoms with Crippen molar-refractivity contribution in [2.24, 2.45) is 22.2 Å². The molecule has 3 N–H and O–H groups in total. The molecule has 194 valence electrons. The van der Waals surface area contributed by atoms with Gasteiger partial charge in [-0.05, 0) is 54.9 Å². The van der Waals surface area contributed by atoms with Crippen molar-refractivity contribution in [1.29, 1.82) is 0 Å². The molecule has 0 saturated heterocycles. The summed E-state index contributed by atoms with van der Waals surface area (Å²) in [5.41, 5.74) is 1.03. The Balaban J connectivity index is 1.42. The fourth-order valence-corrected chi connectivity index (χ4v) is 8.08. The smallest absolute Gasteiger partial charge is 0.286 e. The van der Waals surface area contributed by atoms with Crippen LogP contribution in [0.2, 0.25) is 0 Å². The fourth-order valence-electron chi connectivity index (χ4n) is 6.37. The lowest BCUT2D eigenvalue weighted by Crippen LogP contribution is -2.53. The first-order valence-electron chi connectivity index (χ1n) is 12.0. The molecule has 1 amide bonds. The Morgan fingerprint density at radius 2 is 1.86 bits per heavy atom. The Kier molecular flexibility index (Phi) is 5.39. The number of fused-ring (bicyclic) bond motifs is 6. The Morgan fingerprint density at radius 1 is 1.14 bits per heavy atom. The summed E-state index contributed by atoms with van der Waals surface area (Å²) in [5, 5.41) is 14.3. The van der Waals surface area contributed by atoms with E-state index in [0.717, 1.165) is 31.1 Å². The van der Waals surface area contributed by atoms with Crippen LogP contribution in [0, 0.1) is 17.8 Å². The van der Waals surface area contributed by atoms with Gasteiger partial charge in [0.15, 0.2) is 5.84 Å². The zero-order valence-electron chi connectivity index (χ0n) is 20.0. The van der Waals surface area contributed by atoms with Gasteiger partial charge in [-0.1, -0.05) is 30.3 Å². The zero-order valence-corrected chi connectivity index (χ0v) is 21.6. The number of aliphatic hydroxyl groups excluding tert-OH is 1. The summed E-state index contributed by atoms with van der Waals surface area (Å²) >= 11 is 0. The number of anilines is 2. The number of hydrogen-bond donors (Lipinski definition) is 3. The number of aliphatic hydroxyl groups is 1. The van der Waals surface area contributed by atoms with Gasteiger partial charge in [-0.15, -0.1) is 4.40 Å². The van der Waals surface area contributed by atoms with Gasteiger partial charge in [0, 0.05) is 24.2 Å². The molecule has 2 aliphatic heterocycles. The third kappa shape index (κ3) is 4.08. The number of amides is 1. The lowest BCUT2D eigenvalue weighted by Gasteiger charge is -2.44. The lowest BCUT2D eigenvalue weighted by atomic mass is 9.77.